The Labute approximate surface area is 146 Å². The summed E-state index contributed by atoms with van der Waals surface area (Å²) in [7, 11) is 1.78. The largest absolute Gasteiger partial charge is 0.385 e. The average Bonchev–Trinajstić information content (AvgIpc) is 3.04. The number of rotatable bonds is 10. The van der Waals surface area contributed by atoms with Crippen molar-refractivity contribution < 1.29 is 4.74 Å². The maximum absolute atomic E-state index is 5.27. The van der Waals surface area contributed by atoms with Gasteiger partial charge in [-0.25, -0.2) is 0 Å². The molecule has 1 aromatic rings. The molecule has 0 saturated heterocycles. The summed E-state index contributed by atoms with van der Waals surface area (Å²) < 4.78 is 7.25. The van der Waals surface area contributed by atoms with Crippen LogP contribution in [0, 0.1) is 11.3 Å². The molecule has 0 amide bonds. The van der Waals surface area contributed by atoms with E-state index >= 15 is 0 Å². The second-order valence-corrected chi connectivity index (χ2v) is 7.01. The van der Waals surface area contributed by atoms with Gasteiger partial charge in [-0.1, -0.05) is 13.3 Å². The van der Waals surface area contributed by atoms with Crippen LogP contribution in [0.5, 0.6) is 0 Å². The van der Waals surface area contributed by atoms with Crippen molar-refractivity contribution in [3.05, 3.63) is 18.5 Å². The molecule has 6 heteroatoms. The Morgan fingerprint density at radius 2 is 2.25 bits per heavy atom. The monoisotopic (exact) mass is 335 g/mol. The molecule has 1 heterocycles. The van der Waals surface area contributed by atoms with Crippen molar-refractivity contribution in [2.75, 3.05) is 33.4 Å². The first kappa shape index (κ1) is 18.8. The summed E-state index contributed by atoms with van der Waals surface area (Å²) in [6.45, 7) is 8.73. The standard InChI is InChI=1S/C18H33N5O/c1-4-19-17(20-13-16(2)14-23-11-6-10-22-23)21-15-18(7-5-8-18)9-12-24-3/h6,10-11,16H,4-5,7-9,12-15H2,1-3H3,(H2,19,20,21). The lowest BCUT2D eigenvalue weighted by molar-refractivity contribution is 0.0778. The molecule has 0 spiro atoms. The van der Waals surface area contributed by atoms with Crippen LogP contribution >= 0.6 is 0 Å². The Morgan fingerprint density at radius 3 is 2.83 bits per heavy atom. The minimum Gasteiger partial charge on any atom is -0.385 e. The third-order valence-corrected chi connectivity index (χ3v) is 4.84. The van der Waals surface area contributed by atoms with Gasteiger partial charge in [0.25, 0.3) is 0 Å². The van der Waals surface area contributed by atoms with Crippen molar-refractivity contribution in [3.63, 3.8) is 0 Å². The van der Waals surface area contributed by atoms with Gasteiger partial charge in [-0.3, -0.25) is 9.67 Å². The van der Waals surface area contributed by atoms with E-state index in [0.29, 0.717) is 11.3 Å². The third-order valence-electron chi connectivity index (χ3n) is 4.84. The Kier molecular flexibility index (Phi) is 7.56. The fourth-order valence-corrected chi connectivity index (χ4v) is 3.13. The van der Waals surface area contributed by atoms with Crippen molar-refractivity contribution in [2.45, 2.75) is 46.1 Å². The Morgan fingerprint density at radius 1 is 1.42 bits per heavy atom. The zero-order chi connectivity index (χ0) is 17.3. The number of nitrogens with one attached hydrogen (secondary N) is 2. The van der Waals surface area contributed by atoms with E-state index in [1.807, 2.05) is 23.1 Å². The Hall–Kier alpha value is -1.56. The van der Waals surface area contributed by atoms with E-state index in [1.54, 1.807) is 7.11 Å². The molecular formula is C18H33N5O. The molecule has 1 aliphatic rings. The summed E-state index contributed by atoms with van der Waals surface area (Å²) in [4.78, 5) is 4.85. The first-order valence-electron chi connectivity index (χ1n) is 9.16. The number of aliphatic imine (C=N–C) groups is 1. The van der Waals surface area contributed by atoms with Crippen LogP contribution in [0.4, 0.5) is 0 Å². The van der Waals surface area contributed by atoms with Crippen molar-refractivity contribution in [1.82, 2.24) is 20.4 Å². The van der Waals surface area contributed by atoms with E-state index in [1.165, 1.54) is 19.3 Å². The summed E-state index contributed by atoms with van der Waals surface area (Å²) in [6, 6.07) is 1.96. The van der Waals surface area contributed by atoms with Crippen molar-refractivity contribution >= 4 is 5.96 Å². The maximum Gasteiger partial charge on any atom is 0.191 e. The van der Waals surface area contributed by atoms with Gasteiger partial charge in [-0.2, -0.15) is 5.10 Å². The molecule has 0 aromatic carbocycles. The molecule has 24 heavy (non-hydrogen) atoms. The highest BCUT2D eigenvalue weighted by atomic mass is 16.5. The highest BCUT2D eigenvalue weighted by Gasteiger charge is 2.36. The SMILES string of the molecule is CCNC(=NCC1(CCOC)CCC1)NCC(C)Cn1cccn1. The molecule has 1 aromatic heterocycles. The van der Waals surface area contributed by atoms with Gasteiger partial charge in [0.2, 0.25) is 0 Å². The lowest BCUT2D eigenvalue weighted by Gasteiger charge is -2.40. The van der Waals surface area contributed by atoms with Gasteiger partial charge >= 0.3 is 0 Å². The molecule has 136 valence electrons. The summed E-state index contributed by atoms with van der Waals surface area (Å²) in [5.41, 5.74) is 0.360. The highest BCUT2D eigenvalue weighted by molar-refractivity contribution is 5.79. The fraction of sp³-hybridized carbons (Fsp3) is 0.778. The lowest BCUT2D eigenvalue weighted by atomic mass is 9.67. The average molecular weight is 335 g/mol. The predicted molar refractivity (Wildman–Crippen MR) is 98.1 cm³/mol. The van der Waals surface area contributed by atoms with Crippen molar-refractivity contribution in [1.29, 1.82) is 0 Å². The van der Waals surface area contributed by atoms with Crippen LogP contribution < -0.4 is 10.6 Å². The first-order chi connectivity index (χ1) is 11.7. The number of hydrogen-bond acceptors (Lipinski definition) is 3. The number of guanidine groups is 1. The first-order valence-corrected chi connectivity index (χ1v) is 9.16. The minimum atomic E-state index is 0.360. The summed E-state index contributed by atoms with van der Waals surface area (Å²) in [6.07, 6.45) is 8.81. The highest BCUT2D eigenvalue weighted by Crippen LogP contribution is 2.44. The normalized spacial score (nSPS) is 18.0. The van der Waals surface area contributed by atoms with E-state index in [-0.39, 0.29) is 0 Å². The van der Waals surface area contributed by atoms with Crippen molar-refractivity contribution in [2.24, 2.45) is 16.3 Å². The predicted octanol–water partition coefficient (Wildman–Crippen LogP) is 2.28. The van der Waals surface area contributed by atoms with Gasteiger partial charge in [0.1, 0.15) is 0 Å². The Balaban J connectivity index is 1.81. The van der Waals surface area contributed by atoms with E-state index < -0.39 is 0 Å². The van der Waals surface area contributed by atoms with Gasteiger partial charge < -0.3 is 15.4 Å². The second-order valence-electron chi connectivity index (χ2n) is 7.01. The zero-order valence-electron chi connectivity index (χ0n) is 15.4. The molecule has 1 atom stereocenters. The number of methoxy groups -OCH3 is 1. The molecule has 0 aliphatic heterocycles. The van der Waals surface area contributed by atoms with Gasteiger partial charge in [0.05, 0.1) is 0 Å². The zero-order valence-corrected chi connectivity index (χ0v) is 15.4. The lowest BCUT2D eigenvalue weighted by Crippen LogP contribution is -2.42. The van der Waals surface area contributed by atoms with Crippen LogP contribution in [-0.2, 0) is 11.3 Å². The second kappa shape index (κ2) is 9.67. The maximum atomic E-state index is 5.27. The topological polar surface area (TPSA) is 63.5 Å². The smallest absolute Gasteiger partial charge is 0.191 e. The summed E-state index contributed by atoms with van der Waals surface area (Å²) in [5.74, 6) is 1.41. The molecule has 1 aliphatic carbocycles. The van der Waals surface area contributed by atoms with E-state index in [9.17, 15) is 0 Å². The molecule has 0 bridgehead atoms. The number of hydrogen-bond donors (Lipinski definition) is 2. The molecule has 6 nitrogen and oxygen atoms in total. The van der Waals surface area contributed by atoms with E-state index in [2.05, 4.69) is 29.6 Å². The minimum absolute atomic E-state index is 0.360. The van der Waals surface area contributed by atoms with Gasteiger partial charge in [-0.15, -0.1) is 0 Å². The summed E-state index contributed by atoms with van der Waals surface area (Å²) >= 11 is 0. The van der Waals surface area contributed by atoms with Gasteiger partial charge in [-0.05, 0) is 43.6 Å². The molecule has 1 saturated carbocycles. The van der Waals surface area contributed by atoms with Crippen LogP contribution in [0.25, 0.3) is 0 Å². The van der Waals surface area contributed by atoms with Crippen LogP contribution in [0.3, 0.4) is 0 Å². The van der Waals surface area contributed by atoms with Crippen molar-refractivity contribution in [3.8, 4) is 0 Å². The van der Waals surface area contributed by atoms with Gasteiger partial charge in [0.15, 0.2) is 5.96 Å². The van der Waals surface area contributed by atoms with Gasteiger partial charge in [0, 0.05) is 52.3 Å². The molecule has 0 radical (unpaired) electrons. The summed E-state index contributed by atoms with van der Waals surface area (Å²) in [5, 5.41) is 11.1. The van der Waals surface area contributed by atoms with Crippen LogP contribution in [0.15, 0.2) is 23.5 Å². The van der Waals surface area contributed by atoms with E-state index in [4.69, 9.17) is 9.73 Å². The Bertz CT molecular complexity index is 482. The fourth-order valence-electron chi connectivity index (χ4n) is 3.13. The third kappa shape index (κ3) is 5.82. The van der Waals surface area contributed by atoms with Crippen LogP contribution in [-0.4, -0.2) is 49.1 Å². The molecule has 1 fully saturated rings. The molecule has 2 rings (SSSR count). The van der Waals surface area contributed by atoms with E-state index in [0.717, 1.165) is 45.2 Å². The number of aromatic nitrogens is 2. The molecular weight excluding hydrogens is 302 g/mol. The molecule has 1 unspecified atom stereocenters. The van der Waals surface area contributed by atoms with Crippen LogP contribution in [0.1, 0.15) is 39.5 Å². The number of nitrogens with zero attached hydrogens (tertiary/aromatic N) is 3. The van der Waals surface area contributed by atoms with Crippen LogP contribution in [0.2, 0.25) is 0 Å². The molecule has 2 N–H and O–H groups in total. The number of ether oxygens (including phenoxy) is 1. The quantitative estimate of drug-likeness (QED) is 0.509.